The van der Waals surface area contributed by atoms with Crippen LogP contribution >= 0.6 is 24.8 Å². The number of nitrogens with zero attached hydrogens (tertiary/aromatic N) is 1. The quantitative estimate of drug-likeness (QED) is 0.898. The van der Waals surface area contributed by atoms with Crippen molar-refractivity contribution in [3.05, 3.63) is 54.4 Å². The molecule has 1 heterocycles. The highest BCUT2D eigenvalue weighted by molar-refractivity contribution is 5.85. The van der Waals surface area contributed by atoms with E-state index in [1.165, 1.54) is 5.56 Å². The zero-order valence-electron chi connectivity index (χ0n) is 8.67. The molecule has 2 aromatic rings. The van der Waals surface area contributed by atoms with E-state index in [1.807, 2.05) is 30.5 Å². The topological polar surface area (TPSA) is 38.9 Å². The van der Waals surface area contributed by atoms with Crippen LogP contribution in [0.5, 0.6) is 0 Å². The molecular weight excluding hydrogens is 243 g/mol. The van der Waals surface area contributed by atoms with Crippen LogP contribution in [0.1, 0.15) is 5.56 Å². The fourth-order valence-electron chi connectivity index (χ4n) is 1.48. The largest absolute Gasteiger partial charge is 0.326 e. The van der Waals surface area contributed by atoms with E-state index in [0.29, 0.717) is 6.54 Å². The molecule has 4 heteroatoms. The van der Waals surface area contributed by atoms with Crippen LogP contribution in [0.15, 0.2) is 48.8 Å². The molecule has 0 saturated carbocycles. The Hall–Kier alpha value is -1.09. The molecule has 2 N–H and O–H groups in total. The first-order valence-corrected chi connectivity index (χ1v) is 4.60. The summed E-state index contributed by atoms with van der Waals surface area (Å²) in [7, 11) is 0. The molecule has 0 spiro atoms. The molecule has 86 valence electrons. The smallest absolute Gasteiger partial charge is 0.0349 e. The van der Waals surface area contributed by atoms with Crippen molar-refractivity contribution in [3.8, 4) is 11.1 Å². The lowest BCUT2D eigenvalue weighted by atomic mass is 10.0. The first-order valence-electron chi connectivity index (χ1n) is 4.60. The summed E-state index contributed by atoms with van der Waals surface area (Å²) in [4.78, 5) is 4.11. The number of nitrogens with two attached hydrogens (primary N) is 1. The van der Waals surface area contributed by atoms with Crippen LogP contribution in [-0.2, 0) is 6.54 Å². The van der Waals surface area contributed by atoms with Gasteiger partial charge in [0.1, 0.15) is 0 Å². The van der Waals surface area contributed by atoms with E-state index in [0.717, 1.165) is 11.1 Å². The Kier molecular flexibility index (Phi) is 6.74. The third-order valence-electron chi connectivity index (χ3n) is 2.22. The summed E-state index contributed by atoms with van der Waals surface area (Å²) in [6.45, 7) is 0.548. The number of pyridine rings is 1. The van der Waals surface area contributed by atoms with Gasteiger partial charge in [0.2, 0.25) is 0 Å². The Bertz CT molecular complexity index is 418. The summed E-state index contributed by atoms with van der Waals surface area (Å²) in [6, 6.07) is 12.1. The van der Waals surface area contributed by atoms with Crippen molar-refractivity contribution in [2.75, 3.05) is 0 Å². The van der Waals surface area contributed by atoms with E-state index in [2.05, 4.69) is 17.1 Å². The maximum atomic E-state index is 5.66. The Morgan fingerprint density at radius 1 is 1.00 bits per heavy atom. The van der Waals surface area contributed by atoms with E-state index < -0.39 is 0 Å². The first kappa shape index (κ1) is 14.9. The summed E-state index contributed by atoms with van der Waals surface area (Å²) < 4.78 is 0. The van der Waals surface area contributed by atoms with Crippen LogP contribution in [0.3, 0.4) is 0 Å². The molecule has 0 aliphatic heterocycles. The third kappa shape index (κ3) is 3.20. The van der Waals surface area contributed by atoms with E-state index in [4.69, 9.17) is 5.73 Å². The fourth-order valence-corrected chi connectivity index (χ4v) is 1.48. The van der Waals surface area contributed by atoms with Gasteiger partial charge in [-0.25, -0.2) is 0 Å². The summed E-state index contributed by atoms with van der Waals surface area (Å²) in [5.74, 6) is 0. The summed E-state index contributed by atoms with van der Waals surface area (Å²) in [5, 5.41) is 0. The molecule has 1 aromatic carbocycles. The highest BCUT2D eigenvalue weighted by Gasteiger charge is 2.01. The Morgan fingerprint density at radius 2 is 1.69 bits per heavy atom. The van der Waals surface area contributed by atoms with Crippen LogP contribution in [0, 0.1) is 0 Å². The van der Waals surface area contributed by atoms with Gasteiger partial charge >= 0.3 is 0 Å². The molecule has 0 atom stereocenters. The van der Waals surface area contributed by atoms with Crippen LogP contribution < -0.4 is 5.73 Å². The van der Waals surface area contributed by atoms with E-state index >= 15 is 0 Å². The molecule has 0 saturated heterocycles. The van der Waals surface area contributed by atoms with E-state index in [1.54, 1.807) is 6.20 Å². The second-order valence-corrected chi connectivity index (χ2v) is 3.10. The van der Waals surface area contributed by atoms with Gasteiger partial charge in [-0.15, -0.1) is 24.8 Å². The minimum absolute atomic E-state index is 0. The number of aromatic nitrogens is 1. The van der Waals surface area contributed by atoms with Gasteiger partial charge in [-0.2, -0.15) is 0 Å². The molecule has 16 heavy (non-hydrogen) atoms. The lowest BCUT2D eigenvalue weighted by Gasteiger charge is -2.06. The second kappa shape index (κ2) is 7.23. The minimum Gasteiger partial charge on any atom is -0.326 e. The van der Waals surface area contributed by atoms with Gasteiger partial charge in [-0.05, 0) is 17.2 Å². The van der Waals surface area contributed by atoms with Crippen LogP contribution in [0.4, 0.5) is 0 Å². The van der Waals surface area contributed by atoms with Gasteiger partial charge in [0.15, 0.2) is 0 Å². The molecule has 0 aliphatic rings. The lowest BCUT2D eigenvalue weighted by Crippen LogP contribution is -1.99. The van der Waals surface area contributed by atoms with Gasteiger partial charge in [-0.1, -0.05) is 30.3 Å². The predicted octanol–water partition coefficient (Wildman–Crippen LogP) is 3.05. The average Bonchev–Trinajstić information content (AvgIpc) is 2.30. The molecule has 0 radical (unpaired) electrons. The second-order valence-electron chi connectivity index (χ2n) is 3.10. The van der Waals surface area contributed by atoms with Crippen LogP contribution in [-0.4, -0.2) is 4.98 Å². The summed E-state index contributed by atoms with van der Waals surface area (Å²) in [6.07, 6.45) is 3.63. The van der Waals surface area contributed by atoms with Crippen molar-refractivity contribution in [3.63, 3.8) is 0 Å². The molecule has 0 fully saturated rings. The zero-order chi connectivity index (χ0) is 9.80. The van der Waals surface area contributed by atoms with Crippen molar-refractivity contribution in [2.24, 2.45) is 5.73 Å². The van der Waals surface area contributed by atoms with Crippen molar-refractivity contribution >= 4 is 24.8 Å². The minimum atomic E-state index is 0. The number of hydrogen-bond donors (Lipinski definition) is 1. The molecular formula is C12H14Cl2N2. The van der Waals surface area contributed by atoms with Crippen LogP contribution in [0.2, 0.25) is 0 Å². The number of rotatable bonds is 2. The highest BCUT2D eigenvalue weighted by Crippen LogP contribution is 2.21. The van der Waals surface area contributed by atoms with Crippen molar-refractivity contribution < 1.29 is 0 Å². The monoisotopic (exact) mass is 256 g/mol. The molecule has 1 aromatic heterocycles. The summed E-state index contributed by atoms with van der Waals surface area (Å²) >= 11 is 0. The third-order valence-corrected chi connectivity index (χ3v) is 2.22. The van der Waals surface area contributed by atoms with Gasteiger partial charge < -0.3 is 5.73 Å². The SMILES string of the molecule is Cl.Cl.NCc1ccncc1-c1ccccc1. The number of hydrogen-bond acceptors (Lipinski definition) is 2. The van der Waals surface area contributed by atoms with Crippen molar-refractivity contribution in [2.45, 2.75) is 6.54 Å². The maximum absolute atomic E-state index is 5.66. The van der Waals surface area contributed by atoms with Gasteiger partial charge in [0.05, 0.1) is 0 Å². The van der Waals surface area contributed by atoms with Gasteiger partial charge in [0, 0.05) is 24.5 Å². The number of benzene rings is 1. The van der Waals surface area contributed by atoms with Gasteiger partial charge in [0.25, 0.3) is 0 Å². The molecule has 0 aliphatic carbocycles. The van der Waals surface area contributed by atoms with Crippen LogP contribution in [0.25, 0.3) is 11.1 Å². The predicted molar refractivity (Wildman–Crippen MR) is 72.1 cm³/mol. The first-order chi connectivity index (χ1) is 6.92. The van der Waals surface area contributed by atoms with Crippen molar-refractivity contribution in [1.29, 1.82) is 0 Å². The number of halogens is 2. The van der Waals surface area contributed by atoms with E-state index in [-0.39, 0.29) is 24.8 Å². The Morgan fingerprint density at radius 3 is 2.31 bits per heavy atom. The zero-order valence-corrected chi connectivity index (χ0v) is 10.3. The van der Waals surface area contributed by atoms with Crippen molar-refractivity contribution in [1.82, 2.24) is 4.98 Å². The van der Waals surface area contributed by atoms with Gasteiger partial charge in [-0.3, -0.25) is 4.98 Å². The lowest BCUT2D eigenvalue weighted by molar-refractivity contribution is 1.06. The fraction of sp³-hybridized carbons (Fsp3) is 0.0833. The molecule has 2 rings (SSSR count). The highest BCUT2D eigenvalue weighted by atomic mass is 35.5. The standard InChI is InChI=1S/C12H12N2.2ClH/c13-8-11-6-7-14-9-12(11)10-4-2-1-3-5-10;;/h1-7,9H,8,13H2;2*1H. The average molecular weight is 257 g/mol. The molecule has 0 amide bonds. The normalized spacial score (nSPS) is 8.81. The Balaban J connectivity index is 0.00000112. The Labute approximate surface area is 108 Å². The van der Waals surface area contributed by atoms with E-state index in [9.17, 15) is 0 Å². The maximum Gasteiger partial charge on any atom is 0.0349 e. The molecule has 2 nitrogen and oxygen atoms in total. The summed E-state index contributed by atoms with van der Waals surface area (Å²) in [5.41, 5.74) is 9.08. The molecule has 0 bridgehead atoms. The molecule has 0 unspecified atom stereocenters.